The van der Waals surface area contributed by atoms with Gasteiger partial charge in [0.15, 0.2) is 11.6 Å². The molecular weight excluding hydrogens is 457 g/mol. The summed E-state index contributed by atoms with van der Waals surface area (Å²) in [5, 5.41) is 2.95. The second-order valence-corrected chi connectivity index (χ2v) is 7.77. The van der Waals surface area contributed by atoms with E-state index in [0.717, 1.165) is 29.8 Å². The zero-order chi connectivity index (χ0) is 22.3. The van der Waals surface area contributed by atoms with Crippen molar-refractivity contribution in [3.8, 4) is 5.69 Å². The number of aromatic nitrogens is 3. The van der Waals surface area contributed by atoms with Gasteiger partial charge in [0.05, 0.1) is 21.3 Å². The smallest absolute Gasteiger partial charge is 0.289 e. The highest BCUT2D eigenvalue weighted by Crippen LogP contribution is 2.38. The van der Waals surface area contributed by atoms with Crippen molar-refractivity contribution in [3.63, 3.8) is 0 Å². The molecule has 3 aromatic rings. The molecule has 0 saturated carbocycles. The Morgan fingerprint density at radius 3 is 2.39 bits per heavy atom. The molecule has 0 saturated heterocycles. The lowest BCUT2D eigenvalue weighted by Gasteiger charge is -2.15. The first-order valence-corrected chi connectivity index (χ1v) is 9.90. The first-order valence-electron chi connectivity index (χ1n) is 9.14. The van der Waals surface area contributed by atoms with E-state index in [1.165, 1.54) is 18.7 Å². The molecule has 0 radical (unpaired) electrons. The lowest BCUT2D eigenvalue weighted by Crippen LogP contribution is -2.14. The van der Waals surface area contributed by atoms with Gasteiger partial charge in [-0.05, 0) is 66.3 Å². The molecule has 0 bridgehead atoms. The third kappa shape index (κ3) is 4.09. The number of hydrogen-bond donors (Lipinski definition) is 0. The Bertz CT molecular complexity index is 1180. The number of nitrogens with zero attached hydrogens (tertiary/aromatic N) is 3. The zero-order valence-corrected chi connectivity index (χ0v) is 17.2. The fraction of sp³-hybridized carbons (Fsp3) is 0.190. The number of fused-ring (bicyclic) bond motifs is 1. The minimum absolute atomic E-state index is 0.178. The molecule has 0 aliphatic heterocycles. The van der Waals surface area contributed by atoms with Crippen LogP contribution in [0, 0.1) is 5.82 Å². The van der Waals surface area contributed by atoms with Gasteiger partial charge in [0, 0.05) is 5.56 Å². The van der Waals surface area contributed by atoms with E-state index in [2.05, 4.69) is 10.1 Å². The van der Waals surface area contributed by atoms with E-state index in [-0.39, 0.29) is 5.56 Å². The van der Waals surface area contributed by atoms with E-state index < -0.39 is 39.0 Å². The molecule has 160 valence electrons. The monoisotopic (exact) mass is 469 g/mol. The summed E-state index contributed by atoms with van der Waals surface area (Å²) < 4.78 is 56.5. The Balaban J connectivity index is 1.80. The van der Waals surface area contributed by atoms with Crippen molar-refractivity contribution in [2.24, 2.45) is 0 Å². The molecule has 0 unspecified atom stereocenters. The minimum atomic E-state index is -4.88. The summed E-state index contributed by atoms with van der Waals surface area (Å²) in [4.78, 5) is 16.8. The van der Waals surface area contributed by atoms with Gasteiger partial charge in [-0.25, -0.2) is 14.1 Å². The molecule has 10 heteroatoms. The van der Waals surface area contributed by atoms with Gasteiger partial charge in [-0.2, -0.15) is 18.3 Å². The summed E-state index contributed by atoms with van der Waals surface area (Å²) in [6.07, 6.45) is 0.497. The minimum Gasteiger partial charge on any atom is -0.289 e. The fourth-order valence-corrected chi connectivity index (χ4v) is 4.20. The van der Waals surface area contributed by atoms with Crippen molar-refractivity contribution < 1.29 is 22.4 Å². The van der Waals surface area contributed by atoms with Crippen LogP contribution in [0.3, 0.4) is 0 Å². The van der Waals surface area contributed by atoms with Crippen LogP contribution in [-0.2, 0) is 12.8 Å². The standard InChI is InChI=1S/C21H13Cl2F4N3O/c22-16-6-11(7-17(23)20(16)24)15(21(25,26)27)8-19(31)14-4-5-18(30-10-28-9-29-30)13-3-1-2-12(13)14/h4-10H,1-3H2/b15-8+. The van der Waals surface area contributed by atoms with Gasteiger partial charge in [0.2, 0.25) is 0 Å². The number of alkyl halides is 3. The molecule has 4 nitrogen and oxygen atoms in total. The summed E-state index contributed by atoms with van der Waals surface area (Å²) in [5.41, 5.74) is 0.703. The zero-order valence-electron chi connectivity index (χ0n) is 15.7. The van der Waals surface area contributed by atoms with Crippen LogP contribution in [0.15, 0.2) is 43.0 Å². The van der Waals surface area contributed by atoms with E-state index >= 15 is 0 Å². The number of carbonyl (C=O) groups is 1. The predicted molar refractivity (Wildman–Crippen MR) is 108 cm³/mol. The average molecular weight is 470 g/mol. The highest BCUT2D eigenvalue weighted by molar-refractivity contribution is 6.35. The maximum Gasteiger partial charge on any atom is 0.417 e. The molecule has 4 rings (SSSR count). The Kier molecular flexibility index (Phi) is 5.61. The van der Waals surface area contributed by atoms with Crippen LogP contribution in [0.5, 0.6) is 0 Å². The first kappa shape index (κ1) is 21.5. The molecule has 1 heterocycles. The van der Waals surface area contributed by atoms with E-state index in [1.807, 2.05) is 0 Å². The predicted octanol–water partition coefficient (Wildman–Crippen LogP) is 6.03. The largest absolute Gasteiger partial charge is 0.417 e. The molecule has 0 atom stereocenters. The molecule has 0 N–H and O–H groups in total. The third-order valence-corrected chi connectivity index (χ3v) is 5.62. The summed E-state index contributed by atoms with van der Waals surface area (Å²) in [5.74, 6) is -1.84. The van der Waals surface area contributed by atoms with Gasteiger partial charge in [-0.1, -0.05) is 23.2 Å². The van der Waals surface area contributed by atoms with E-state index in [1.54, 1.807) is 10.7 Å². The van der Waals surface area contributed by atoms with Crippen LogP contribution in [-0.4, -0.2) is 26.7 Å². The first-order chi connectivity index (χ1) is 14.7. The van der Waals surface area contributed by atoms with Crippen LogP contribution in [0.2, 0.25) is 10.0 Å². The number of allylic oxidation sites excluding steroid dienone is 2. The number of hydrogen-bond acceptors (Lipinski definition) is 3. The summed E-state index contributed by atoms with van der Waals surface area (Å²) in [7, 11) is 0. The maximum atomic E-state index is 13.8. The van der Waals surface area contributed by atoms with Crippen molar-refractivity contribution in [1.82, 2.24) is 14.8 Å². The van der Waals surface area contributed by atoms with Crippen LogP contribution in [0.4, 0.5) is 17.6 Å². The van der Waals surface area contributed by atoms with Gasteiger partial charge in [-0.15, -0.1) is 0 Å². The second-order valence-electron chi connectivity index (χ2n) is 6.96. The Morgan fingerprint density at radius 2 is 1.77 bits per heavy atom. The van der Waals surface area contributed by atoms with Gasteiger partial charge >= 0.3 is 6.18 Å². The molecule has 1 aliphatic rings. The number of benzene rings is 2. The molecule has 31 heavy (non-hydrogen) atoms. The average Bonchev–Trinajstić information content (AvgIpc) is 3.40. The molecular formula is C21H13Cl2F4N3O. The SMILES string of the molecule is O=C(/C=C(\c1cc(Cl)c(F)c(Cl)c1)C(F)(F)F)c1ccc(-n2cncn2)c2c1CCC2. The van der Waals surface area contributed by atoms with Crippen molar-refractivity contribution in [1.29, 1.82) is 0 Å². The quantitative estimate of drug-likeness (QED) is 0.203. The van der Waals surface area contributed by atoms with Crippen molar-refractivity contribution in [2.45, 2.75) is 25.4 Å². The maximum absolute atomic E-state index is 13.8. The Morgan fingerprint density at radius 1 is 1.10 bits per heavy atom. The van der Waals surface area contributed by atoms with Crippen molar-refractivity contribution in [2.75, 3.05) is 0 Å². The van der Waals surface area contributed by atoms with Gasteiger partial charge in [0.25, 0.3) is 0 Å². The lowest BCUT2D eigenvalue weighted by molar-refractivity contribution is -0.0689. The van der Waals surface area contributed by atoms with Gasteiger partial charge < -0.3 is 0 Å². The molecule has 0 spiro atoms. The van der Waals surface area contributed by atoms with Crippen molar-refractivity contribution in [3.05, 3.63) is 81.1 Å². The summed E-state index contributed by atoms with van der Waals surface area (Å²) >= 11 is 11.3. The number of carbonyl (C=O) groups excluding carboxylic acids is 1. The van der Waals surface area contributed by atoms with Crippen LogP contribution in [0.1, 0.15) is 33.5 Å². The number of ketones is 1. The molecule has 0 amide bonds. The lowest BCUT2D eigenvalue weighted by atomic mass is 9.95. The number of halogens is 6. The third-order valence-electron chi connectivity index (χ3n) is 5.07. The Hall–Kier alpha value is -2.71. The fourth-order valence-electron chi connectivity index (χ4n) is 3.71. The van der Waals surface area contributed by atoms with E-state index in [0.29, 0.717) is 24.5 Å². The Labute approximate surface area is 184 Å². The van der Waals surface area contributed by atoms with Crippen LogP contribution in [0.25, 0.3) is 11.3 Å². The van der Waals surface area contributed by atoms with Crippen LogP contribution >= 0.6 is 23.2 Å². The molecule has 1 aliphatic carbocycles. The molecule has 2 aromatic carbocycles. The molecule has 1 aromatic heterocycles. The topological polar surface area (TPSA) is 47.8 Å². The summed E-state index contributed by atoms with van der Waals surface area (Å²) in [6.45, 7) is 0. The van der Waals surface area contributed by atoms with Gasteiger partial charge in [-0.3, -0.25) is 4.79 Å². The van der Waals surface area contributed by atoms with Crippen LogP contribution < -0.4 is 0 Å². The van der Waals surface area contributed by atoms with Crippen molar-refractivity contribution >= 4 is 34.6 Å². The molecule has 0 fully saturated rings. The summed E-state index contributed by atoms with van der Waals surface area (Å²) in [6, 6.07) is 4.72. The highest BCUT2D eigenvalue weighted by Gasteiger charge is 2.36. The number of rotatable bonds is 4. The van der Waals surface area contributed by atoms with E-state index in [9.17, 15) is 22.4 Å². The van der Waals surface area contributed by atoms with Gasteiger partial charge in [0.1, 0.15) is 12.7 Å². The van der Waals surface area contributed by atoms with E-state index in [4.69, 9.17) is 23.2 Å². The second kappa shape index (κ2) is 8.09. The normalized spacial score (nSPS) is 14.1. The highest BCUT2D eigenvalue weighted by atomic mass is 35.5.